The van der Waals surface area contributed by atoms with Crippen LogP contribution in [0.3, 0.4) is 0 Å². The van der Waals surface area contributed by atoms with Crippen LogP contribution in [-0.2, 0) is 6.42 Å². The van der Waals surface area contributed by atoms with E-state index in [0.29, 0.717) is 5.95 Å². The number of aromatic nitrogens is 2. The van der Waals surface area contributed by atoms with Crippen molar-refractivity contribution in [3.8, 4) is 0 Å². The molecule has 18 heavy (non-hydrogen) atoms. The SMILES string of the molecule is CCc1cc(Nc2nc(N)cc(=O)[nH]2)ccc1C. The van der Waals surface area contributed by atoms with Crippen molar-refractivity contribution in [3.63, 3.8) is 0 Å². The molecule has 1 aromatic heterocycles. The number of nitrogen functional groups attached to an aromatic ring is 1. The maximum atomic E-state index is 11.3. The molecule has 5 nitrogen and oxygen atoms in total. The molecule has 0 aliphatic rings. The van der Waals surface area contributed by atoms with Gasteiger partial charge < -0.3 is 11.1 Å². The van der Waals surface area contributed by atoms with Crippen molar-refractivity contribution >= 4 is 17.5 Å². The second kappa shape index (κ2) is 4.91. The van der Waals surface area contributed by atoms with E-state index < -0.39 is 0 Å². The van der Waals surface area contributed by atoms with Gasteiger partial charge in [0.25, 0.3) is 5.56 Å². The molecule has 0 radical (unpaired) electrons. The Morgan fingerprint density at radius 2 is 2.17 bits per heavy atom. The van der Waals surface area contributed by atoms with Gasteiger partial charge in [0, 0.05) is 11.8 Å². The molecule has 0 unspecified atom stereocenters. The Kier molecular flexibility index (Phi) is 3.32. The minimum Gasteiger partial charge on any atom is -0.383 e. The Hall–Kier alpha value is -2.30. The molecule has 0 fully saturated rings. The van der Waals surface area contributed by atoms with Gasteiger partial charge in [0.1, 0.15) is 5.82 Å². The number of hydrogen-bond acceptors (Lipinski definition) is 4. The van der Waals surface area contributed by atoms with E-state index >= 15 is 0 Å². The number of nitrogens with zero attached hydrogens (tertiary/aromatic N) is 1. The lowest BCUT2D eigenvalue weighted by molar-refractivity contribution is 1.10. The van der Waals surface area contributed by atoms with E-state index in [1.165, 1.54) is 17.2 Å². The quantitative estimate of drug-likeness (QED) is 0.770. The monoisotopic (exact) mass is 244 g/mol. The Bertz CT molecular complexity index is 619. The molecule has 0 aliphatic carbocycles. The molecule has 0 saturated heterocycles. The molecule has 2 rings (SSSR count). The summed E-state index contributed by atoms with van der Waals surface area (Å²) in [5, 5.41) is 3.04. The zero-order chi connectivity index (χ0) is 13.1. The first-order valence-corrected chi connectivity index (χ1v) is 5.82. The highest BCUT2D eigenvalue weighted by atomic mass is 16.1. The average molecular weight is 244 g/mol. The summed E-state index contributed by atoms with van der Waals surface area (Å²) in [6, 6.07) is 7.26. The van der Waals surface area contributed by atoms with Gasteiger partial charge in [-0.25, -0.2) is 0 Å². The van der Waals surface area contributed by atoms with Crippen molar-refractivity contribution in [1.82, 2.24) is 9.97 Å². The number of nitrogens with two attached hydrogens (primary N) is 1. The van der Waals surface area contributed by atoms with Crippen LogP contribution < -0.4 is 16.6 Å². The highest BCUT2D eigenvalue weighted by Gasteiger charge is 2.02. The topological polar surface area (TPSA) is 83.8 Å². The summed E-state index contributed by atoms with van der Waals surface area (Å²) in [4.78, 5) is 17.9. The maximum Gasteiger partial charge on any atom is 0.254 e. The molecule has 1 aromatic carbocycles. The van der Waals surface area contributed by atoms with Crippen LogP contribution in [0.1, 0.15) is 18.1 Å². The number of aryl methyl sites for hydroxylation is 2. The van der Waals surface area contributed by atoms with Crippen molar-refractivity contribution in [2.24, 2.45) is 0 Å². The van der Waals surface area contributed by atoms with E-state index in [0.717, 1.165) is 12.1 Å². The van der Waals surface area contributed by atoms with Crippen molar-refractivity contribution in [2.75, 3.05) is 11.1 Å². The first-order valence-electron chi connectivity index (χ1n) is 5.82. The highest BCUT2D eigenvalue weighted by Crippen LogP contribution is 2.18. The van der Waals surface area contributed by atoms with E-state index in [1.54, 1.807) is 0 Å². The third-order valence-corrected chi connectivity index (χ3v) is 2.75. The minimum absolute atomic E-state index is 0.198. The molecule has 0 bridgehead atoms. The first-order chi connectivity index (χ1) is 8.58. The number of aromatic amines is 1. The number of anilines is 3. The zero-order valence-electron chi connectivity index (χ0n) is 10.4. The number of benzene rings is 1. The summed E-state index contributed by atoms with van der Waals surface area (Å²) in [7, 11) is 0. The summed E-state index contributed by atoms with van der Waals surface area (Å²) in [6.45, 7) is 4.18. The molecule has 0 atom stereocenters. The lowest BCUT2D eigenvalue weighted by Crippen LogP contribution is -2.11. The summed E-state index contributed by atoms with van der Waals surface area (Å²) in [6.07, 6.45) is 0.961. The second-order valence-corrected chi connectivity index (χ2v) is 4.14. The van der Waals surface area contributed by atoms with Crippen LogP contribution >= 0.6 is 0 Å². The lowest BCUT2D eigenvalue weighted by Gasteiger charge is -2.09. The average Bonchev–Trinajstić information content (AvgIpc) is 2.30. The van der Waals surface area contributed by atoms with Crippen LogP contribution in [0.25, 0.3) is 0 Å². The van der Waals surface area contributed by atoms with Gasteiger partial charge in [-0.1, -0.05) is 13.0 Å². The fourth-order valence-corrected chi connectivity index (χ4v) is 1.80. The van der Waals surface area contributed by atoms with Gasteiger partial charge in [-0.2, -0.15) is 4.98 Å². The molecule has 0 aliphatic heterocycles. The molecule has 2 aromatic rings. The zero-order valence-corrected chi connectivity index (χ0v) is 10.4. The number of hydrogen-bond donors (Lipinski definition) is 3. The second-order valence-electron chi connectivity index (χ2n) is 4.14. The Labute approximate surface area is 105 Å². The maximum absolute atomic E-state index is 11.3. The third kappa shape index (κ3) is 2.68. The van der Waals surface area contributed by atoms with Crippen molar-refractivity contribution < 1.29 is 0 Å². The highest BCUT2D eigenvalue weighted by molar-refractivity contribution is 5.56. The Balaban J connectivity index is 2.31. The van der Waals surface area contributed by atoms with Gasteiger partial charge in [0.2, 0.25) is 5.95 Å². The van der Waals surface area contributed by atoms with Crippen molar-refractivity contribution in [3.05, 3.63) is 45.7 Å². The predicted molar refractivity (Wildman–Crippen MR) is 73.1 cm³/mol. The van der Waals surface area contributed by atoms with Crippen LogP contribution in [-0.4, -0.2) is 9.97 Å². The lowest BCUT2D eigenvalue weighted by atomic mass is 10.1. The van der Waals surface area contributed by atoms with Gasteiger partial charge in [-0.05, 0) is 36.6 Å². The van der Waals surface area contributed by atoms with Gasteiger partial charge in [0.05, 0.1) is 0 Å². The minimum atomic E-state index is -0.271. The smallest absolute Gasteiger partial charge is 0.254 e. The van der Waals surface area contributed by atoms with Gasteiger partial charge >= 0.3 is 0 Å². The van der Waals surface area contributed by atoms with Gasteiger partial charge in [-0.3, -0.25) is 9.78 Å². The molecule has 5 heteroatoms. The Morgan fingerprint density at radius 3 is 2.83 bits per heavy atom. The van der Waals surface area contributed by atoms with E-state index in [2.05, 4.69) is 29.1 Å². The van der Waals surface area contributed by atoms with Crippen molar-refractivity contribution in [1.29, 1.82) is 0 Å². The summed E-state index contributed by atoms with van der Waals surface area (Å²) < 4.78 is 0. The Morgan fingerprint density at radius 1 is 1.39 bits per heavy atom. The third-order valence-electron chi connectivity index (χ3n) is 2.75. The van der Waals surface area contributed by atoms with Crippen LogP contribution in [0, 0.1) is 6.92 Å². The standard InChI is InChI=1S/C13H16N4O/c1-3-9-6-10(5-4-8(9)2)15-13-16-11(14)7-12(18)17-13/h4-7H,3H2,1-2H3,(H4,14,15,16,17,18). The van der Waals surface area contributed by atoms with E-state index in [4.69, 9.17) is 5.73 Å². The molecule has 4 N–H and O–H groups in total. The summed E-state index contributed by atoms with van der Waals surface area (Å²) in [5.74, 6) is 0.551. The molecule has 1 heterocycles. The predicted octanol–water partition coefficient (Wildman–Crippen LogP) is 1.97. The van der Waals surface area contributed by atoms with E-state index in [9.17, 15) is 4.79 Å². The molecular formula is C13H16N4O. The van der Waals surface area contributed by atoms with Crippen molar-refractivity contribution in [2.45, 2.75) is 20.3 Å². The van der Waals surface area contributed by atoms with E-state index in [1.807, 2.05) is 18.2 Å². The van der Waals surface area contributed by atoms with Gasteiger partial charge in [-0.15, -0.1) is 0 Å². The molecule has 94 valence electrons. The fourth-order valence-electron chi connectivity index (χ4n) is 1.80. The summed E-state index contributed by atoms with van der Waals surface area (Å²) >= 11 is 0. The normalized spacial score (nSPS) is 10.3. The molecule has 0 spiro atoms. The van der Waals surface area contributed by atoms with Crippen LogP contribution in [0.4, 0.5) is 17.5 Å². The van der Waals surface area contributed by atoms with Crippen LogP contribution in [0.2, 0.25) is 0 Å². The molecule has 0 saturated carbocycles. The van der Waals surface area contributed by atoms with Crippen LogP contribution in [0.15, 0.2) is 29.1 Å². The van der Waals surface area contributed by atoms with E-state index in [-0.39, 0.29) is 11.4 Å². The largest absolute Gasteiger partial charge is 0.383 e. The number of rotatable bonds is 3. The number of H-pyrrole nitrogens is 1. The van der Waals surface area contributed by atoms with Gasteiger partial charge in [0.15, 0.2) is 0 Å². The van der Waals surface area contributed by atoms with Crippen LogP contribution in [0.5, 0.6) is 0 Å². The molecular weight excluding hydrogens is 228 g/mol. The fraction of sp³-hybridized carbons (Fsp3) is 0.231. The first kappa shape index (κ1) is 12.2. The molecule has 0 amide bonds. The summed E-state index contributed by atoms with van der Waals surface area (Å²) in [5.41, 5.74) is 8.64. The number of nitrogens with one attached hydrogen (secondary N) is 2.